The van der Waals surface area contributed by atoms with Gasteiger partial charge in [-0.3, -0.25) is 9.59 Å². The van der Waals surface area contributed by atoms with Crippen molar-refractivity contribution in [2.45, 2.75) is 18.9 Å². The zero-order chi connectivity index (χ0) is 24.8. The lowest BCUT2D eigenvalue weighted by Gasteiger charge is -2.33. The fourth-order valence-electron chi connectivity index (χ4n) is 4.46. The Kier molecular flexibility index (Phi) is 7.30. The highest BCUT2D eigenvalue weighted by Gasteiger charge is 2.28. The van der Waals surface area contributed by atoms with Crippen LogP contribution in [0.4, 0.5) is 0 Å². The van der Waals surface area contributed by atoms with Gasteiger partial charge in [-0.15, -0.1) is 0 Å². The number of amidine groups is 1. The minimum Gasteiger partial charge on any atom is -0.457 e. The molecule has 180 valence electrons. The molecule has 0 radical (unpaired) electrons. The van der Waals surface area contributed by atoms with Crippen molar-refractivity contribution in [1.29, 1.82) is 0 Å². The van der Waals surface area contributed by atoms with E-state index in [2.05, 4.69) is 17.1 Å². The predicted octanol–water partition coefficient (Wildman–Crippen LogP) is 3.95. The molecule has 1 atom stereocenters. The summed E-state index contributed by atoms with van der Waals surface area (Å²) in [5.74, 6) is 1.54. The van der Waals surface area contributed by atoms with Crippen molar-refractivity contribution in [3.05, 3.63) is 84.7 Å². The fraction of sp³-hybridized carbons (Fsp3) is 0.222. The van der Waals surface area contributed by atoms with E-state index in [-0.39, 0.29) is 17.8 Å². The second-order valence-corrected chi connectivity index (χ2v) is 8.27. The summed E-state index contributed by atoms with van der Waals surface area (Å²) < 4.78 is 7.83. The number of hydrogen-bond acceptors (Lipinski definition) is 5. The predicted molar refractivity (Wildman–Crippen MR) is 137 cm³/mol. The molecule has 1 aliphatic rings. The molecule has 2 heterocycles. The molecule has 8 nitrogen and oxygen atoms in total. The van der Waals surface area contributed by atoms with Crippen molar-refractivity contribution >= 4 is 18.0 Å². The molecule has 35 heavy (non-hydrogen) atoms. The number of ether oxygens (including phenoxy) is 1. The Hall–Kier alpha value is -4.33. The van der Waals surface area contributed by atoms with Crippen LogP contribution in [0.25, 0.3) is 11.1 Å². The van der Waals surface area contributed by atoms with Crippen LogP contribution in [0.5, 0.6) is 11.5 Å². The molecule has 1 aliphatic heterocycles. The van der Waals surface area contributed by atoms with Crippen LogP contribution in [0.1, 0.15) is 34.9 Å². The molecule has 2 aromatic carbocycles. The van der Waals surface area contributed by atoms with Gasteiger partial charge < -0.3 is 25.4 Å². The lowest BCUT2D eigenvalue weighted by Crippen LogP contribution is -2.40. The minimum absolute atomic E-state index is 0.0663. The standard InChI is InChI=1S/C27H29N5O3/c1-3-25(34)31-15-7-8-20(16-31)32-17-23(26(24(32)18-33)27(28)30-29-2)19-11-13-22(14-12-19)35-21-9-5-4-6-10-21/h3-6,9-14,17-18,20,29H,1,7-8,15-16H2,2H3,(H2,28,30). The van der Waals surface area contributed by atoms with Gasteiger partial charge in [-0.1, -0.05) is 36.9 Å². The largest absolute Gasteiger partial charge is 0.457 e. The smallest absolute Gasteiger partial charge is 0.246 e. The average Bonchev–Trinajstić information content (AvgIpc) is 3.29. The van der Waals surface area contributed by atoms with E-state index in [9.17, 15) is 9.59 Å². The van der Waals surface area contributed by atoms with Crippen molar-refractivity contribution in [3.63, 3.8) is 0 Å². The molecule has 1 saturated heterocycles. The number of para-hydroxylation sites is 1. The van der Waals surface area contributed by atoms with Crippen molar-refractivity contribution in [1.82, 2.24) is 14.9 Å². The van der Waals surface area contributed by atoms with Gasteiger partial charge in [0.05, 0.1) is 17.3 Å². The quantitative estimate of drug-likeness (QED) is 0.170. The number of nitrogens with zero attached hydrogens (tertiary/aromatic N) is 3. The molecule has 4 rings (SSSR count). The molecule has 1 unspecified atom stereocenters. The fourth-order valence-corrected chi connectivity index (χ4v) is 4.46. The number of aromatic nitrogens is 1. The number of hydrazone groups is 1. The number of hydrogen-bond donors (Lipinski definition) is 2. The molecule has 0 bridgehead atoms. The lowest BCUT2D eigenvalue weighted by molar-refractivity contribution is -0.127. The maximum atomic E-state index is 12.3. The molecule has 1 amide bonds. The summed E-state index contributed by atoms with van der Waals surface area (Å²) in [5.41, 5.74) is 11.6. The van der Waals surface area contributed by atoms with Crippen LogP contribution in [-0.2, 0) is 4.79 Å². The zero-order valence-electron chi connectivity index (χ0n) is 19.7. The van der Waals surface area contributed by atoms with E-state index in [0.29, 0.717) is 30.1 Å². The summed E-state index contributed by atoms with van der Waals surface area (Å²) in [5, 5.41) is 4.15. The summed E-state index contributed by atoms with van der Waals surface area (Å²) in [6.45, 7) is 4.76. The number of piperidine rings is 1. The molecule has 8 heteroatoms. The molecule has 1 fully saturated rings. The SMILES string of the molecule is C=CC(=O)N1CCCC(n2cc(-c3ccc(Oc4ccccc4)cc3)c(/C(N)=N\NC)c2C=O)C1. The van der Waals surface area contributed by atoms with Crippen LogP contribution in [0.15, 0.2) is 78.6 Å². The Morgan fingerprint density at radius 3 is 2.54 bits per heavy atom. The third kappa shape index (κ3) is 5.11. The van der Waals surface area contributed by atoms with Gasteiger partial charge in [0, 0.05) is 31.9 Å². The molecule has 3 N–H and O–H groups in total. The number of nitrogens with two attached hydrogens (primary N) is 1. The van der Waals surface area contributed by atoms with Gasteiger partial charge >= 0.3 is 0 Å². The third-order valence-corrected chi connectivity index (χ3v) is 6.09. The molecular weight excluding hydrogens is 442 g/mol. The number of carbonyl (C=O) groups is 2. The second kappa shape index (κ2) is 10.7. The molecule has 1 aromatic heterocycles. The maximum absolute atomic E-state index is 12.3. The first-order valence-electron chi connectivity index (χ1n) is 11.5. The molecule has 0 saturated carbocycles. The first-order valence-corrected chi connectivity index (χ1v) is 11.5. The summed E-state index contributed by atoms with van der Waals surface area (Å²) in [6, 6.07) is 17.1. The highest BCUT2D eigenvalue weighted by atomic mass is 16.5. The van der Waals surface area contributed by atoms with Crippen LogP contribution < -0.4 is 15.9 Å². The summed E-state index contributed by atoms with van der Waals surface area (Å²) in [4.78, 5) is 26.3. The molecule has 0 spiro atoms. The van der Waals surface area contributed by atoms with E-state index < -0.39 is 0 Å². The van der Waals surface area contributed by atoms with Gasteiger partial charge in [-0.25, -0.2) is 0 Å². The number of amides is 1. The summed E-state index contributed by atoms with van der Waals surface area (Å²) >= 11 is 0. The molecule has 0 aliphatic carbocycles. The first kappa shape index (κ1) is 23.8. The average molecular weight is 472 g/mol. The number of carbonyl (C=O) groups excluding carboxylic acids is 2. The normalized spacial score (nSPS) is 16.0. The number of nitrogens with one attached hydrogen (secondary N) is 1. The van der Waals surface area contributed by atoms with Gasteiger partial charge in [-0.2, -0.15) is 5.10 Å². The summed E-state index contributed by atoms with van der Waals surface area (Å²) in [6.07, 6.45) is 5.72. The monoisotopic (exact) mass is 471 g/mol. The topological polar surface area (TPSA) is 102 Å². The van der Waals surface area contributed by atoms with Crippen molar-refractivity contribution < 1.29 is 14.3 Å². The van der Waals surface area contributed by atoms with E-state index in [4.69, 9.17) is 10.5 Å². The van der Waals surface area contributed by atoms with Crippen LogP contribution in [0, 0.1) is 0 Å². The first-order chi connectivity index (χ1) is 17.0. The second-order valence-electron chi connectivity index (χ2n) is 8.27. The highest BCUT2D eigenvalue weighted by Crippen LogP contribution is 2.34. The Bertz CT molecular complexity index is 1230. The van der Waals surface area contributed by atoms with Crippen molar-refractivity contribution in [3.8, 4) is 22.6 Å². The van der Waals surface area contributed by atoms with E-state index in [1.54, 1.807) is 11.9 Å². The van der Waals surface area contributed by atoms with Gasteiger partial charge in [0.25, 0.3) is 0 Å². The minimum atomic E-state index is -0.111. The van der Waals surface area contributed by atoms with Gasteiger partial charge in [0.2, 0.25) is 5.91 Å². The number of likely N-dealkylation sites (tertiary alicyclic amines) is 1. The van der Waals surface area contributed by atoms with Crippen LogP contribution in [-0.4, -0.2) is 47.6 Å². The molecular formula is C27H29N5O3. The van der Waals surface area contributed by atoms with Crippen molar-refractivity contribution in [2.24, 2.45) is 10.8 Å². The Labute approximate surface area is 204 Å². The van der Waals surface area contributed by atoms with Crippen LogP contribution in [0.3, 0.4) is 0 Å². The Balaban J connectivity index is 1.73. The van der Waals surface area contributed by atoms with E-state index in [0.717, 1.165) is 36.0 Å². The third-order valence-electron chi connectivity index (χ3n) is 6.09. The Morgan fingerprint density at radius 2 is 1.89 bits per heavy atom. The molecule has 3 aromatic rings. The van der Waals surface area contributed by atoms with Crippen molar-refractivity contribution in [2.75, 3.05) is 20.1 Å². The van der Waals surface area contributed by atoms with Gasteiger partial charge in [0.1, 0.15) is 11.5 Å². The lowest BCUT2D eigenvalue weighted by atomic mass is 10.0. The number of aldehydes is 1. The Morgan fingerprint density at radius 1 is 1.17 bits per heavy atom. The highest BCUT2D eigenvalue weighted by molar-refractivity contribution is 6.08. The zero-order valence-corrected chi connectivity index (χ0v) is 19.7. The van der Waals surface area contributed by atoms with E-state index >= 15 is 0 Å². The number of rotatable bonds is 8. The van der Waals surface area contributed by atoms with Gasteiger partial charge in [0.15, 0.2) is 12.1 Å². The summed E-state index contributed by atoms with van der Waals surface area (Å²) in [7, 11) is 1.65. The van der Waals surface area contributed by atoms with E-state index in [1.165, 1.54) is 6.08 Å². The maximum Gasteiger partial charge on any atom is 0.246 e. The number of benzene rings is 2. The van der Waals surface area contributed by atoms with Gasteiger partial charge in [-0.05, 0) is 48.7 Å². The van der Waals surface area contributed by atoms with E-state index in [1.807, 2.05) is 65.4 Å². The van der Waals surface area contributed by atoms with Crippen LogP contribution in [0.2, 0.25) is 0 Å². The van der Waals surface area contributed by atoms with Crippen LogP contribution >= 0.6 is 0 Å².